The van der Waals surface area contributed by atoms with Crippen molar-refractivity contribution in [3.63, 3.8) is 0 Å². The fourth-order valence-corrected chi connectivity index (χ4v) is 1.67. The molecule has 0 unspecified atom stereocenters. The Labute approximate surface area is 86.2 Å². The SMILES string of the molecule is Nc1ccc(I)c(C(F)(F)F)c1N. The lowest BCUT2D eigenvalue weighted by Crippen LogP contribution is -2.12. The maximum atomic E-state index is 12.3. The van der Waals surface area contributed by atoms with E-state index >= 15 is 0 Å². The van der Waals surface area contributed by atoms with Crippen molar-refractivity contribution in [2.75, 3.05) is 11.5 Å². The zero-order valence-corrected chi connectivity index (χ0v) is 8.48. The van der Waals surface area contributed by atoms with E-state index in [2.05, 4.69) is 0 Å². The van der Waals surface area contributed by atoms with Gasteiger partial charge in [-0.3, -0.25) is 0 Å². The molecular formula is C7H6F3IN2. The molecule has 0 saturated heterocycles. The van der Waals surface area contributed by atoms with Crippen molar-refractivity contribution in [3.05, 3.63) is 21.3 Å². The van der Waals surface area contributed by atoms with E-state index in [-0.39, 0.29) is 9.26 Å². The third-order valence-corrected chi connectivity index (χ3v) is 2.41. The van der Waals surface area contributed by atoms with Crippen LogP contribution in [0, 0.1) is 3.57 Å². The number of rotatable bonds is 0. The molecule has 2 nitrogen and oxygen atoms in total. The number of halogens is 4. The molecule has 1 aromatic carbocycles. The summed E-state index contributed by atoms with van der Waals surface area (Å²) < 4.78 is 37.1. The van der Waals surface area contributed by atoms with E-state index in [0.717, 1.165) is 0 Å². The van der Waals surface area contributed by atoms with Gasteiger partial charge in [0.05, 0.1) is 16.9 Å². The van der Waals surface area contributed by atoms with Crippen LogP contribution in [0.2, 0.25) is 0 Å². The van der Waals surface area contributed by atoms with E-state index in [9.17, 15) is 13.2 Å². The predicted octanol–water partition coefficient (Wildman–Crippen LogP) is 2.47. The number of hydrogen-bond acceptors (Lipinski definition) is 2. The van der Waals surface area contributed by atoms with Gasteiger partial charge in [-0.15, -0.1) is 0 Å². The first kappa shape index (κ1) is 10.4. The van der Waals surface area contributed by atoms with Crippen LogP contribution in [0.1, 0.15) is 5.56 Å². The van der Waals surface area contributed by atoms with E-state index < -0.39 is 17.4 Å². The van der Waals surface area contributed by atoms with Crippen molar-refractivity contribution in [3.8, 4) is 0 Å². The summed E-state index contributed by atoms with van der Waals surface area (Å²) in [5, 5.41) is 0. The molecule has 0 aliphatic carbocycles. The van der Waals surface area contributed by atoms with Crippen LogP contribution in [0.4, 0.5) is 24.5 Å². The summed E-state index contributed by atoms with van der Waals surface area (Å²) in [4.78, 5) is 0. The molecule has 72 valence electrons. The number of nitrogen functional groups attached to an aromatic ring is 2. The monoisotopic (exact) mass is 302 g/mol. The van der Waals surface area contributed by atoms with Crippen molar-refractivity contribution < 1.29 is 13.2 Å². The van der Waals surface area contributed by atoms with Gasteiger partial charge in [0, 0.05) is 3.57 Å². The van der Waals surface area contributed by atoms with Crippen LogP contribution in [0.5, 0.6) is 0 Å². The second kappa shape index (κ2) is 3.24. The second-order valence-electron chi connectivity index (χ2n) is 2.42. The van der Waals surface area contributed by atoms with E-state index in [0.29, 0.717) is 0 Å². The standard InChI is InChI=1S/C7H6F3IN2/c8-7(9,10)5-3(11)1-2-4(12)6(5)13/h1-2H,12-13H2. The van der Waals surface area contributed by atoms with Crippen LogP contribution in [-0.2, 0) is 6.18 Å². The highest BCUT2D eigenvalue weighted by molar-refractivity contribution is 14.1. The fourth-order valence-electron chi connectivity index (χ4n) is 0.897. The average molecular weight is 302 g/mol. The minimum absolute atomic E-state index is 0.0484. The minimum Gasteiger partial charge on any atom is -0.397 e. The Kier molecular flexibility index (Phi) is 2.60. The molecule has 13 heavy (non-hydrogen) atoms. The molecule has 0 heterocycles. The summed E-state index contributed by atoms with van der Waals surface area (Å²) >= 11 is 1.57. The lowest BCUT2D eigenvalue weighted by molar-refractivity contribution is -0.137. The molecule has 0 amide bonds. The highest BCUT2D eigenvalue weighted by atomic mass is 127. The predicted molar refractivity (Wildman–Crippen MR) is 53.0 cm³/mol. The Bertz CT molecular complexity index is 335. The maximum Gasteiger partial charge on any atom is 0.419 e. The Morgan fingerprint density at radius 3 is 2.08 bits per heavy atom. The minimum atomic E-state index is -4.45. The summed E-state index contributed by atoms with van der Waals surface area (Å²) in [6.45, 7) is 0. The van der Waals surface area contributed by atoms with Gasteiger partial charge in [-0.05, 0) is 34.7 Å². The van der Waals surface area contributed by atoms with Gasteiger partial charge in [-0.2, -0.15) is 13.2 Å². The number of hydrogen-bond donors (Lipinski definition) is 2. The summed E-state index contributed by atoms with van der Waals surface area (Å²) in [7, 11) is 0. The molecule has 0 aliphatic heterocycles. The second-order valence-corrected chi connectivity index (χ2v) is 3.59. The molecule has 0 bridgehead atoms. The van der Waals surface area contributed by atoms with Gasteiger partial charge in [0.15, 0.2) is 0 Å². The highest BCUT2D eigenvalue weighted by Crippen LogP contribution is 2.39. The summed E-state index contributed by atoms with van der Waals surface area (Å²) in [6, 6.07) is 2.64. The smallest absolute Gasteiger partial charge is 0.397 e. The Balaban J connectivity index is 3.43. The highest BCUT2D eigenvalue weighted by Gasteiger charge is 2.35. The maximum absolute atomic E-state index is 12.3. The zero-order chi connectivity index (χ0) is 10.2. The van der Waals surface area contributed by atoms with Gasteiger partial charge in [0.1, 0.15) is 0 Å². The van der Waals surface area contributed by atoms with Crippen LogP contribution < -0.4 is 11.5 Å². The molecule has 6 heteroatoms. The van der Waals surface area contributed by atoms with Crippen molar-refractivity contribution in [1.82, 2.24) is 0 Å². The molecule has 0 aliphatic rings. The molecule has 0 radical (unpaired) electrons. The Morgan fingerprint density at radius 2 is 1.69 bits per heavy atom. The van der Waals surface area contributed by atoms with E-state index in [1.807, 2.05) is 0 Å². The first-order valence-electron chi connectivity index (χ1n) is 3.24. The summed E-state index contributed by atoms with van der Waals surface area (Å²) in [5.74, 6) is 0. The van der Waals surface area contributed by atoms with Gasteiger partial charge in [-0.1, -0.05) is 0 Å². The number of nitrogens with two attached hydrogens (primary N) is 2. The first-order chi connectivity index (χ1) is 5.84. The van der Waals surface area contributed by atoms with Crippen LogP contribution >= 0.6 is 22.6 Å². The normalized spacial score (nSPS) is 11.7. The third kappa shape index (κ3) is 1.98. The molecule has 0 aromatic heterocycles. The molecule has 0 saturated carbocycles. The molecule has 0 atom stereocenters. The lowest BCUT2D eigenvalue weighted by Gasteiger charge is -2.13. The first-order valence-corrected chi connectivity index (χ1v) is 4.32. The third-order valence-electron chi connectivity index (χ3n) is 1.51. The summed E-state index contributed by atoms with van der Waals surface area (Å²) in [6.07, 6.45) is -4.45. The topological polar surface area (TPSA) is 52.0 Å². The van der Waals surface area contributed by atoms with Gasteiger partial charge < -0.3 is 11.5 Å². The molecule has 1 aromatic rings. The molecule has 0 spiro atoms. The van der Waals surface area contributed by atoms with Gasteiger partial charge in [0.2, 0.25) is 0 Å². The van der Waals surface area contributed by atoms with Gasteiger partial charge in [0.25, 0.3) is 0 Å². The van der Waals surface area contributed by atoms with Crippen molar-refractivity contribution in [2.24, 2.45) is 0 Å². The van der Waals surface area contributed by atoms with Crippen molar-refractivity contribution in [2.45, 2.75) is 6.18 Å². The van der Waals surface area contributed by atoms with Crippen molar-refractivity contribution >= 4 is 34.0 Å². The lowest BCUT2D eigenvalue weighted by atomic mass is 10.1. The van der Waals surface area contributed by atoms with Gasteiger partial charge in [-0.25, -0.2) is 0 Å². The van der Waals surface area contributed by atoms with E-state index in [1.165, 1.54) is 12.1 Å². The molecule has 1 rings (SSSR count). The number of anilines is 2. The Morgan fingerprint density at radius 1 is 1.15 bits per heavy atom. The van der Waals surface area contributed by atoms with Gasteiger partial charge >= 0.3 is 6.18 Å². The molecule has 0 fully saturated rings. The largest absolute Gasteiger partial charge is 0.419 e. The number of benzene rings is 1. The van der Waals surface area contributed by atoms with E-state index in [4.69, 9.17) is 11.5 Å². The van der Waals surface area contributed by atoms with E-state index in [1.54, 1.807) is 22.6 Å². The van der Waals surface area contributed by atoms with Crippen LogP contribution in [0.25, 0.3) is 0 Å². The summed E-state index contributed by atoms with van der Waals surface area (Å²) in [5.41, 5.74) is 9.17. The average Bonchev–Trinajstić information content (AvgIpc) is 1.95. The fraction of sp³-hybridized carbons (Fsp3) is 0.143. The Hall–Kier alpha value is -0.660. The quantitative estimate of drug-likeness (QED) is 0.571. The van der Waals surface area contributed by atoms with Crippen LogP contribution in [0.15, 0.2) is 12.1 Å². The van der Waals surface area contributed by atoms with Crippen LogP contribution in [-0.4, -0.2) is 0 Å². The molecular weight excluding hydrogens is 296 g/mol. The van der Waals surface area contributed by atoms with Crippen LogP contribution in [0.3, 0.4) is 0 Å². The molecule has 4 N–H and O–H groups in total. The zero-order valence-electron chi connectivity index (χ0n) is 6.32. The van der Waals surface area contributed by atoms with Crippen molar-refractivity contribution in [1.29, 1.82) is 0 Å². The number of alkyl halides is 3.